The summed E-state index contributed by atoms with van der Waals surface area (Å²) in [6.07, 6.45) is 0. The molecule has 0 aromatic heterocycles. The Balaban J connectivity index is 0.000000190. The Morgan fingerprint density at radius 1 is 0.179 bits per heavy atom. The van der Waals surface area contributed by atoms with Crippen molar-refractivity contribution in [2.24, 2.45) is 0 Å². The molecule has 14 nitrogen and oxygen atoms in total. The van der Waals surface area contributed by atoms with Gasteiger partial charge in [0.05, 0.1) is 11.4 Å². The van der Waals surface area contributed by atoms with E-state index in [1.54, 1.807) is 24.3 Å². The van der Waals surface area contributed by atoms with Crippen molar-refractivity contribution in [1.29, 1.82) is 0 Å². The van der Waals surface area contributed by atoms with Gasteiger partial charge in [0.25, 0.3) is 0 Å². The summed E-state index contributed by atoms with van der Waals surface area (Å²) in [5, 5.41) is 25.6. The number of hydrogen-bond donors (Lipinski definition) is 8. The fourth-order valence-corrected chi connectivity index (χ4v) is 18.8. The molecule has 0 heterocycles. The predicted molar refractivity (Wildman–Crippen MR) is 329 cm³/mol. The molecule has 78 heavy (non-hydrogen) atoms. The number of hydrogen-bond acceptors (Lipinski definition) is 4. The summed E-state index contributed by atoms with van der Waals surface area (Å²) in [6.45, 7) is 0. The van der Waals surface area contributed by atoms with Gasteiger partial charge in [-0.2, -0.15) is 0 Å². The van der Waals surface area contributed by atoms with Crippen molar-refractivity contribution < 1.29 is 18.3 Å². The maximum atomic E-state index is 15.3. The van der Waals surface area contributed by atoms with Crippen molar-refractivity contribution in [3.8, 4) is 0 Å². The van der Waals surface area contributed by atoms with Gasteiger partial charge in [-0.3, -0.25) is 0 Å². The van der Waals surface area contributed by atoms with Gasteiger partial charge in [0, 0.05) is 45.5 Å². The Labute approximate surface area is 456 Å². The van der Waals surface area contributed by atoms with E-state index in [0.717, 1.165) is 0 Å². The zero-order chi connectivity index (χ0) is 53.9. The van der Waals surface area contributed by atoms with E-state index >= 15 is 18.3 Å². The average molecular weight is 1110 g/mol. The third-order valence-corrected chi connectivity index (χ3v) is 22.0. The molecule has 10 aromatic carbocycles. The number of nitrogens with one attached hydrogen (secondary N) is 8. The molecular formula is C60H58N10O4P4. The number of anilines is 10. The van der Waals surface area contributed by atoms with Crippen LogP contribution in [0.15, 0.2) is 303 Å². The van der Waals surface area contributed by atoms with Crippen LogP contribution in [0.2, 0.25) is 0 Å². The SMILES string of the molecule is O=P(Nc1ccccc1)(Nc1ccccc1)N(c1ccccc1)P(=O)(Nc1ccccc1)Nc1ccccc1.O=P(Nc1ccccc1)(Nc1ccccc1)N(c1ccccc1)P(=O)(Nc1ccccc1)Nc1ccccc1. The number of para-hydroxylation sites is 10. The largest absolute Gasteiger partial charge is 0.363 e. The zero-order valence-corrected chi connectivity index (χ0v) is 45.8. The van der Waals surface area contributed by atoms with E-state index < -0.39 is 30.4 Å². The first-order valence-electron chi connectivity index (χ1n) is 24.9. The van der Waals surface area contributed by atoms with Gasteiger partial charge in [-0.25, -0.2) is 27.1 Å². The van der Waals surface area contributed by atoms with Crippen molar-refractivity contribution in [3.05, 3.63) is 303 Å². The summed E-state index contributed by atoms with van der Waals surface area (Å²) in [7, 11) is -15.8. The lowest BCUT2D eigenvalue weighted by Crippen LogP contribution is -2.31. The molecule has 0 aliphatic heterocycles. The summed E-state index contributed by atoms with van der Waals surface area (Å²) >= 11 is 0. The van der Waals surface area contributed by atoms with Crippen LogP contribution in [0.4, 0.5) is 56.9 Å². The molecule has 0 aliphatic carbocycles. The lowest BCUT2D eigenvalue weighted by Gasteiger charge is -2.40. The quantitative estimate of drug-likeness (QED) is 0.0302. The van der Waals surface area contributed by atoms with Crippen LogP contribution in [0.25, 0.3) is 0 Å². The molecule has 10 rings (SSSR count). The van der Waals surface area contributed by atoms with Crippen LogP contribution in [0.5, 0.6) is 0 Å². The number of nitrogens with zero attached hydrogens (tertiary/aromatic N) is 2. The third-order valence-electron chi connectivity index (χ3n) is 11.5. The third kappa shape index (κ3) is 14.3. The fourth-order valence-electron chi connectivity index (χ4n) is 8.12. The second kappa shape index (κ2) is 25.8. The van der Waals surface area contributed by atoms with E-state index in [1.807, 2.05) is 279 Å². The van der Waals surface area contributed by atoms with Crippen LogP contribution in [-0.2, 0) is 18.3 Å². The average Bonchev–Trinajstić information content (AvgIpc) is 3.50. The second-order valence-electron chi connectivity index (χ2n) is 17.4. The van der Waals surface area contributed by atoms with Crippen LogP contribution in [-0.4, -0.2) is 0 Å². The molecular weight excluding hydrogens is 1050 g/mol. The van der Waals surface area contributed by atoms with Gasteiger partial charge in [-0.15, -0.1) is 0 Å². The predicted octanol–water partition coefficient (Wildman–Crippen LogP) is 18.3. The van der Waals surface area contributed by atoms with E-state index in [1.165, 1.54) is 8.88 Å². The smallest absolute Gasteiger partial charge is 0.304 e. The normalized spacial score (nSPS) is 11.3. The van der Waals surface area contributed by atoms with Crippen LogP contribution >= 0.6 is 30.4 Å². The van der Waals surface area contributed by atoms with Gasteiger partial charge in [-0.05, 0) is 121 Å². The lowest BCUT2D eigenvalue weighted by atomic mass is 10.3. The standard InChI is InChI=1S/2C30H29N5O2P2/c2*36-38(31-26-16-6-1-7-17-26,32-27-18-8-2-9-19-27)35(30-24-14-5-15-25-30)39(37,33-28-20-10-3-11-21-28)34-29-22-12-4-13-23-29/h2*1-25H,(H2,31,32,36)(H2,33,34,37). The van der Waals surface area contributed by atoms with Gasteiger partial charge in [0.15, 0.2) is 0 Å². The summed E-state index contributed by atoms with van der Waals surface area (Å²) in [5.74, 6) is 0. The van der Waals surface area contributed by atoms with Gasteiger partial charge in [-0.1, -0.05) is 182 Å². The molecule has 0 bridgehead atoms. The van der Waals surface area contributed by atoms with E-state index in [4.69, 9.17) is 0 Å². The summed E-state index contributed by atoms with van der Waals surface area (Å²) < 4.78 is 64.2. The highest BCUT2D eigenvalue weighted by Crippen LogP contribution is 2.68. The van der Waals surface area contributed by atoms with Crippen LogP contribution in [0, 0.1) is 0 Å². The number of rotatable bonds is 22. The monoisotopic (exact) mass is 1110 g/mol. The van der Waals surface area contributed by atoms with Crippen molar-refractivity contribution in [1.82, 2.24) is 0 Å². The van der Waals surface area contributed by atoms with Crippen LogP contribution in [0.3, 0.4) is 0 Å². The molecule has 0 radical (unpaired) electrons. The first-order chi connectivity index (χ1) is 38.1. The first-order valence-corrected chi connectivity index (χ1v) is 31.5. The van der Waals surface area contributed by atoms with E-state index in [-0.39, 0.29) is 0 Å². The lowest BCUT2D eigenvalue weighted by molar-refractivity contribution is 0.571. The van der Waals surface area contributed by atoms with E-state index in [0.29, 0.717) is 56.9 Å². The van der Waals surface area contributed by atoms with E-state index in [9.17, 15) is 0 Å². The van der Waals surface area contributed by atoms with E-state index in [2.05, 4.69) is 40.7 Å². The summed E-state index contributed by atoms with van der Waals surface area (Å²) in [6, 6.07) is 92.1. The molecule has 0 spiro atoms. The molecule has 18 heteroatoms. The Kier molecular flexibility index (Phi) is 17.8. The maximum Gasteiger partial charge on any atom is 0.363 e. The summed E-state index contributed by atoms with van der Waals surface area (Å²) in [4.78, 5) is 0. The van der Waals surface area contributed by atoms with Crippen molar-refractivity contribution in [3.63, 3.8) is 0 Å². The Bertz CT molecular complexity index is 2970. The minimum Gasteiger partial charge on any atom is -0.304 e. The maximum absolute atomic E-state index is 15.3. The number of benzene rings is 10. The van der Waals surface area contributed by atoms with Gasteiger partial charge >= 0.3 is 30.4 Å². The van der Waals surface area contributed by atoms with Gasteiger partial charge < -0.3 is 40.7 Å². The highest BCUT2D eigenvalue weighted by Gasteiger charge is 2.47. The Hall–Kier alpha value is -8.88. The molecule has 10 aromatic rings. The van der Waals surface area contributed by atoms with Crippen molar-refractivity contribution in [2.75, 3.05) is 49.6 Å². The summed E-state index contributed by atoms with van der Waals surface area (Å²) in [5.41, 5.74) is 5.84. The Morgan fingerprint density at radius 3 is 0.423 bits per heavy atom. The second-order valence-corrected chi connectivity index (χ2v) is 26.0. The molecule has 0 fully saturated rings. The molecule has 0 atom stereocenters. The molecule has 8 N–H and O–H groups in total. The van der Waals surface area contributed by atoms with Gasteiger partial charge in [0.1, 0.15) is 0 Å². The zero-order valence-electron chi connectivity index (χ0n) is 42.2. The molecule has 392 valence electrons. The van der Waals surface area contributed by atoms with Crippen molar-refractivity contribution >= 4 is 87.3 Å². The van der Waals surface area contributed by atoms with Crippen LogP contribution < -0.4 is 49.6 Å². The highest BCUT2D eigenvalue weighted by molar-refractivity contribution is 7.86. The van der Waals surface area contributed by atoms with Crippen molar-refractivity contribution in [2.45, 2.75) is 0 Å². The highest BCUT2D eigenvalue weighted by atomic mass is 31.2. The molecule has 0 amide bonds. The fraction of sp³-hybridized carbons (Fsp3) is 0. The van der Waals surface area contributed by atoms with Crippen LogP contribution in [0.1, 0.15) is 0 Å². The van der Waals surface area contributed by atoms with Gasteiger partial charge in [0.2, 0.25) is 0 Å². The minimum atomic E-state index is -3.95. The molecule has 0 aliphatic rings. The molecule has 0 saturated carbocycles. The molecule has 0 unspecified atom stereocenters. The Morgan fingerprint density at radius 2 is 0.295 bits per heavy atom. The first kappa shape index (κ1) is 53.9. The minimum absolute atomic E-state index is 0.489. The molecule has 0 saturated heterocycles. The topological polar surface area (TPSA) is 171 Å².